The van der Waals surface area contributed by atoms with E-state index in [1.54, 1.807) is 47.4 Å². The molecule has 11 nitrogen and oxygen atoms in total. The zero-order chi connectivity index (χ0) is 36.9. The Kier molecular flexibility index (Phi) is 10.4. The van der Waals surface area contributed by atoms with Gasteiger partial charge in [-0.3, -0.25) is 9.69 Å². The van der Waals surface area contributed by atoms with Crippen LogP contribution in [-0.2, 0) is 16.1 Å². The van der Waals surface area contributed by atoms with Crippen LogP contribution in [0.5, 0.6) is 23.1 Å². The molecule has 0 radical (unpaired) electrons. The number of aromatic nitrogens is 2. The van der Waals surface area contributed by atoms with Gasteiger partial charge >= 0.3 is 6.09 Å². The minimum Gasteiger partial charge on any atom is -0.493 e. The molecule has 53 heavy (non-hydrogen) atoms. The normalized spacial score (nSPS) is 16.1. The first-order chi connectivity index (χ1) is 25.7. The van der Waals surface area contributed by atoms with Crippen molar-refractivity contribution in [2.75, 3.05) is 37.0 Å². The molecule has 2 amide bonds. The number of amides is 2. The van der Waals surface area contributed by atoms with Crippen LogP contribution in [0.1, 0.15) is 18.9 Å². The molecule has 7 rings (SSSR count). The molecule has 270 valence electrons. The van der Waals surface area contributed by atoms with Crippen molar-refractivity contribution in [3.05, 3.63) is 120 Å². The summed E-state index contributed by atoms with van der Waals surface area (Å²) in [6.07, 6.45) is 4.09. The molecular formula is C40H36FN5O6S. The lowest BCUT2D eigenvalue weighted by Crippen LogP contribution is -2.38. The number of carbonyl (C=O) groups is 2. The Morgan fingerprint density at radius 2 is 1.75 bits per heavy atom. The zero-order valence-corrected chi connectivity index (χ0v) is 29.8. The Labute approximate surface area is 311 Å². The van der Waals surface area contributed by atoms with Gasteiger partial charge in [-0.15, -0.1) is 0 Å². The number of nitrogens with one attached hydrogen (secondary N) is 1. The van der Waals surface area contributed by atoms with E-state index in [4.69, 9.17) is 31.2 Å². The van der Waals surface area contributed by atoms with E-state index < -0.39 is 5.82 Å². The van der Waals surface area contributed by atoms with E-state index in [-0.39, 0.29) is 47.2 Å². The molecule has 1 aliphatic carbocycles. The minimum atomic E-state index is -0.673. The van der Waals surface area contributed by atoms with Gasteiger partial charge in [0.1, 0.15) is 12.9 Å². The van der Waals surface area contributed by atoms with Gasteiger partial charge in [0.25, 0.3) is 0 Å². The number of carbonyl (C=O) groups excluding carboxylic acids is 2. The highest BCUT2D eigenvalue weighted by atomic mass is 32.1. The Bertz CT molecular complexity index is 2190. The molecule has 5 aromatic rings. The van der Waals surface area contributed by atoms with E-state index in [0.29, 0.717) is 53.5 Å². The van der Waals surface area contributed by atoms with E-state index in [2.05, 4.69) is 21.4 Å². The first-order valence-electron chi connectivity index (χ1n) is 17.0. The number of likely N-dealkylation sites (tertiary alicyclic amines) is 1. The highest BCUT2D eigenvalue weighted by molar-refractivity contribution is 7.80. The SMILES string of the molecule is COc1cc2c(Oc3ccc(NC(=S)N(C(C)=O)c4ccccc4)cc3F)ncnc2cc1OCC1C=C2CN(C(=O)OCc3ccccc3)CC2C1. The van der Waals surface area contributed by atoms with Crippen molar-refractivity contribution in [2.24, 2.45) is 11.8 Å². The zero-order valence-electron chi connectivity index (χ0n) is 29.0. The lowest BCUT2D eigenvalue weighted by molar-refractivity contribution is -0.115. The summed E-state index contributed by atoms with van der Waals surface area (Å²) < 4.78 is 38.7. The fourth-order valence-electron chi connectivity index (χ4n) is 6.57. The summed E-state index contributed by atoms with van der Waals surface area (Å²) in [4.78, 5) is 36.8. The Morgan fingerprint density at radius 3 is 2.47 bits per heavy atom. The lowest BCUT2D eigenvalue weighted by Gasteiger charge is -2.22. The number of halogens is 1. The van der Waals surface area contributed by atoms with Crippen LogP contribution in [0.25, 0.3) is 10.9 Å². The van der Waals surface area contributed by atoms with Crippen molar-refractivity contribution in [2.45, 2.75) is 20.0 Å². The number of rotatable bonds is 10. The average molecular weight is 734 g/mol. The van der Waals surface area contributed by atoms with Crippen LogP contribution >= 0.6 is 12.2 Å². The van der Waals surface area contributed by atoms with Crippen LogP contribution in [-0.4, -0.2) is 58.8 Å². The maximum absolute atomic E-state index is 15.4. The number of hydrogen-bond donors (Lipinski definition) is 1. The first-order valence-corrected chi connectivity index (χ1v) is 17.4. The number of ether oxygens (including phenoxy) is 4. The fraction of sp³-hybridized carbons (Fsp3) is 0.225. The van der Waals surface area contributed by atoms with Crippen molar-refractivity contribution < 1.29 is 32.9 Å². The maximum atomic E-state index is 15.4. The molecule has 0 spiro atoms. The maximum Gasteiger partial charge on any atom is 0.410 e. The molecule has 1 fully saturated rings. The minimum absolute atomic E-state index is 0.0740. The number of hydrogen-bond acceptors (Lipinski definition) is 9. The van der Waals surface area contributed by atoms with Crippen molar-refractivity contribution >= 4 is 51.6 Å². The highest BCUT2D eigenvalue weighted by Crippen LogP contribution is 2.40. The second-order valence-electron chi connectivity index (χ2n) is 12.7. The van der Waals surface area contributed by atoms with Gasteiger partial charge in [-0.25, -0.2) is 19.2 Å². The molecule has 1 saturated heterocycles. The number of benzene rings is 4. The van der Waals surface area contributed by atoms with Crippen LogP contribution in [0, 0.1) is 17.7 Å². The number of nitrogens with zero attached hydrogens (tertiary/aromatic N) is 4. The average Bonchev–Trinajstić information content (AvgIpc) is 3.74. The molecule has 2 atom stereocenters. The summed E-state index contributed by atoms with van der Waals surface area (Å²) >= 11 is 5.47. The number of fused-ring (bicyclic) bond motifs is 2. The monoisotopic (exact) mass is 733 g/mol. The summed E-state index contributed by atoms with van der Waals surface area (Å²) in [6.45, 7) is 3.23. The van der Waals surface area contributed by atoms with E-state index in [1.165, 1.54) is 43.0 Å². The summed E-state index contributed by atoms with van der Waals surface area (Å²) in [7, 11) is 1.53. The second-order valence-corrected chi connectivity index (χ2v) is 13.1. The fourth-order valence-corrected chi connectivity index (χ4v) is 6.92. The molecule has 4 aromatic carbocycles. The smallest absolute Gasteiger partial charge is 0.410 e. The quantitative estimate of drug-likeness (QED) is 0.112. The van der Waals surface area contributed by atoms with Crippen LogP contribution in [0.3, 0.4) is 0 Å². The van der Waals surface area contributed by atoms with Crippen LogP contribution in [0.4, 0.5) is 20.6 Å². The third-order valence-corrected chi connectivity index (χ3v) is 9.38. The number of thiocarbonyl (C=S) groups is 1. The Balaban J connectivity index is 0.981. The van der Waals surface area contributed by atoms with Gasteiger partial charge in [0, 0.05) is 49.7 Å². The molecule has 1 aromatic heterocycles. The van der Waals surface area contributed by atoms with Gasteiger partial charge in [0.2, 0.25) is 11.8 Å². The topological polar surface area (TPSA) is 115 Å². The van der Waals surface area contributed by atoms with Gasteiger partial charge in [-0.1, -0.05) is 54.6 Å². The molecule has 1 N–H and O–H groups in total. The van der Waals surface area contributed by atoms with Gasteiger partial charge in [0.15, 0.2) is 28.2 Å². The number of methoxy groups -OCH3 is 1. The van der Waals surface area contributed by atoms with Crippen molar-refractivity contribution in [3.8, 4) is 23.1 Å². The summed E-state index contributed by atoms with van der Waals surface area (Å²) in [5.41, 5.74) is 3.61. The standard InChI is InChI=1S/C40H36FN5O6S/c1-25(47)46(31-11-7-4-8-12-31)39(53)44-30-13-14-35(33(41)17-30)52-38-32-18-36(49-2)37(19-34(32)42-24-43-38)50-23-27-15-28-20-45(21-29(28)16-27)40(48)51-22-26-9-5-3-6-10-26/h3-15,17-19,24,27,29H,16,20-23H2,1-2H3,(H,44,53). The Morgan fingerprint density at radius 1 is 0.981 bits per heavy atom. The predicted molar refractivity (Wildman–Crippen MR) is 202 cm³/mol. The number of anilines is 2. The molecule has 13 heteroatoms. The summed E-state index contributed by atoms with van der Waals surface area (Å²) in [6, 6.07) is 26.3. The van der Waals surface area contributed by atoms with Gasteiger partial charge in [0.05, 0.1) is 30.3 Å². The van der Waals surface area contributed by atoms with Gasteiger partial charge < -0.3 is 29.2 Å². The third kappa shape index (κ3) is 8.05. The molecular weight excluding hydrogens is 698 g/mol. The van der Waals surface area contributed by atoms with Crippen LogP contribution < -0.4 is 24.4 Å². The molecule has 1 aliphatic heterocycles. The van der Waals surface area contributed by atoms with E-state index in [1.807, 2.05) is 36.4 Å². The van der Waals surface area contributed by atoms with Crippen molar-refractivity contribution in [1.82, 2.24) is 14.9 Å². The highest BCUT2D eigenvalue weighted by Gasteiger charge is 2.37. The van der Waals surface area contributed by atoms with E-state index >= 15 is 4.39 Å². The molecule has 0 bridgehead atoms. The lowest BCUT2D eigenvalue weighted by atomic mass is 10.0. The molecule has 2 aliphatic rings. The predicted octanol–water partition coefficient (Wildman–Crippen LogP) is 7.91. The van der Waals surface area contributed by atoms with Crippen LogP contribution in [0.2, 0.25) is 0 Å². The summed E-state index contributed by atoms with van der Waals surface area (Å²) in [5.74, 6) is 0.464. The molecule has 2 heterocycles. The van der Waals surface area contributed by atoms with Gasteiger partial charge in [-0.2, -0.15) is 0 Å². The molecule has 0 saturated carbocycles. The van der Waals surface area contributed by atoms with Crippen molar-refractivity contribution in [1.29, 1.82) is 0 Å². The molecule has 2 unspecified atom stereocenters. The first kappa shape index (κ1) is 35.3. The van der Waals surface area contributed by atoms with E-state index in [0.717, 1.165) is 12.0 Å². The Hall–Kier alpha value is -6.08. The largest absolute Gasteiger partial charge is 0.493 e. The second kappa shape index (κ2) is 15.7. The van der Waals surface area contributed by atoms with E-state index in [9.17, 15) is 9.59 Å². The summed E-state index contributed by atoms with van der Waals surface area (Å²) in [5, 5.41) is 3.52. The van der Waals surface area contributed by atoms with Crippen LogP contribution in [0.15, 0.2) is 109 Å². The third-order valence-electron chi connectivity index (χ3n) is 9.10. The van der Waals surface area contributed by atoms with Gasteiger partial charge in [-0.05, 0) is 60.1 Å². The number of para-hydroxylation sites is 1. The van der Waals surface area contributed by atoms with Crippen molar-refractivity contribution in [3.63, 3.8) is 0 Å².